The molecule has 0 spiro atoms. The summed E-state index contributed by atoms with van der Waals surface area (Å²) in [6.45, 7) is 6.29. The smallest absolute Gasteiger partial charge is 0.262 e. The lowest BCUT2D eigenvalue weighted by atomic mass is 10.1. The molecule has 1 N–H and O–H groups in total. The number of carbonyl (C=O) groups excluding carboxylic acids is 3. The monoisotopic (exact) mass is 574 g/mol. The van der Waals surface area contributed by atoms with Crippen LogP contribution in [0.3, 0.4) is 0 Å². The molecule has 0 aliphatic carbocycles. The van der Waals surface area contributed by atoms with E-state index in [-0.39, 0.29) is 22.4 Å². The van der Waals surface area contributed by atoms with E-state index in [0.29, 0.717) is 56.5 Å². The number of amides is 3. The van der Waals surface area contributed by atoms with Gasteiger partial charge in [-0.1, -0.05) is 26.0 Å². The number of imide groups is 1. The van der Waals surface area contributed by atoms with Crippen molar-refractivity contribution < 1.29 is 27.5 Å². The summed E-state index contributed by atoms with van der Waals surface area (Å²) < 4.78 is 33.4. The summed E-state index contributed by atoms with van der Waals surface area (Å²) in [4.78, 5) is 43.4. The number of carbonyl (C=O) groups is 3. The number of morpholine rings is 1. The third kappa shape index (κ3) is 5.84. The highest BCUT2D eigenvalue weighted by atomic mass is 32.2. The SMILES string of the molecule is CCN(CC)S(=O)(=O)c1ccc(N2CCOCC2)c(NC(=O)C(CCSC)N2C(=O)c3ccccc3C2=O)c1. The van der Waals surface area contributed by atoms with Gasteiger partial charge in [-0.3, -0.25) is 19.3 Å². The highest BCUT2D eigenvalue weighted by molar-refractivity contribution is 7.98. The Morgan fingerprint density at radius 2 is 1.67 bits per heavy atom. The molecule has 2 aliphatic rings. The normalized spacial score (nSPS) is 16.5. The molecule has 1 atom stereocenters. The van der Waals surface area contributed by atoms with Crippen molar-refractivity contribution >= 4 is 50.9 Å². The summed E-state index contributed by atoms with van der Waals surface area (Å²) in [5, 5.41) is 2.89. The number of hydrogen-bond donors (Lipinski definition) is 1. The predicted molar refractivity (Wildman–Crippen MR) is 152 cm³/mol. The maximum Gasteiger partial charge on any atom is 0.262 e. The van der Waals surface area contributed by atoms with Gasteiger partial charge < -0.3 is 15.0 Å². The van der Waals surface area contributed by atoms with Crippen LogP contribution in [0.4, 0.5) is 11.4 Å². The van der Waals surface area contributed by atoms with Crippen molar-refractivity contribution in [1.29, 1.82) is 0 Å². The van der Waals surface area contributed by atoms with E-state index in [2.05, 4.69) is 5.32 Å². The molecule has 1 unspecified atom stereocenters. The van der Waals surface area contributed by atoms with Crippen molar-refractivity contribution in [2.75, 3.05) is 61.6 Å². The standard InChI is InChI=1S/C27H34N4O6S2/c1-4-30(5-2)39(35,36)19-10-11-23(29-13-15-37-16-14-29)22(18-19)28-25(32)24(12-17-38-3)31-26(33)20-8-6-7-9-21(20)27(31)34/h6-11,18,24H,4-5,12-17H2,1-3H3,(H,28,32). The van der Waals surface area contributed by atoms with E-state index in [1.165, 1.54) is 22.1 Å². The molecule has 2 heterocycles. The minimum atomic E-state index is -3.79. The lowest BCUT2D eigenvalue weighted by molar-refractivity contribution is -0.120. The van der Waals surface area contributed by atoms with Gasteiger partial charge in [-0.25, -0.2) is 8.42 Å². The van der Waals surface area contributed by atoms with Gasteiger partial charge in [0.2, 0.25) is 15.9 Å². The molecule has 2 aromatic rings. The van der Waals surface area contributed by atoms with E-state index in [9.17, 15) is 22.8 Å². The van der Waals surface area contributed by atoms with Crippen molar-refractivity contribution in [3.8, 4) is 0 Å². The summed E-state index contributed by atoms with van der Waals surface area (Å²) in [6.07, 6.45) is 2.14. The fraction of sp³-hybridized carbons (Fsp3) is 0.444. The van der Waals surface area contributed by atoms with E-state index in [1.54, 1.807) is 50.2 Å². The molecule has 1 saturated heterocycles. The first-order valence-electron chi connectivity index (χ1n) is 13.0. The minimum Gasteiger partial charge on any atom is -0.378 e. The number of hydrogen-bond acceptors (Lipinski definition) is 8. The number of ether oxygens (including phenoxy) is 1. The molecule has 10 nitrogen and oxygen atoms in total. The van der Waals surface area contributed by atoms with Crippen LogP contribution < -0.4 is 10.2 Å². The van der Waals surface area contributed by atoms with Gasteiger partial charge >= 0.3 is 0 Å². The van der Waals surface area contributed by atoms with Gasteiger partial charge in [0.15, 0.2) is 0 Å². The quantitative estimate of drug-likeness (QED) is 0.408. The van der Waals surface area contributed by atoms with Crippen molar-refractivity contribution in [3.05, 3.63) is 53.6 Å². The highest BCUT2D eigenvalue weighted by Gasteiger charge is 2.42. The summed E-state index contributed by atoms with van der Waals surface area (Å²) >= 11 is 1.50. The lowest BCUT2D eigenvalue weighted by Gasteiger charge is -2.32. The van der Waals surface area contributed by atoms with Crippen molar-refractivity contribution in [2.45, 2.75) is 31.2 Å². The number of benzene rings is 2. The Kier molecular flexibility index (Phi) is 9.31. The zero-order chi connectivity index (χ0) is 28.2. The van der Waals surface area contributed by atoms with E-state index in [1.807, 2.05) is 11.2 Å². The molecule has 210 valence electrons. The first-order chi connectivity index (χ1) is 18.7. The molecule has 4 rings (SSSR count). The average Bonchev–Trinajstić information content (AvgIpc) is 3.19. The Morgan fingerprint density at radius 1 is 1.05 bits per heavy atom. The molecule has 12 heteroatoms. The molecule has 0 saturated carbocycles. The Bertz CT molecular complexity index is 1300. The predicted octanol–water partition coefficient (Wildman–Crippen LogP) is 2.91. The second-order valence-corrected chi connectivity index (χ2v) is 12.1. The van der Waals surface area contributed by atoms with E-state index < -0.39 is 33.8 Å². The van der Waals surface area contributed by atoms with Gasteiger partial charge in [-0.2, -0.15) is 16.1 Å². The van der Waals surface area contributed by atoms with Gasteiger partial charge in [0, 0.05) is 26.2 Å². The summed E-state index contributed by atoms with van der Waals surface area (Å²) in [6, 6.07) is 10.2. The fourth-order valence-electron chi connectivity index (χ4n) is 4.88. The van der Waals surface area contributed by atoms with Crippen LogP contribution in [0.5, 0.6) is 0 Å². The second kappa shape index (κ2) is 12.5. The summed E-state index contributed by atoms with van der Waals surface area (Å²) in [5.74, 6) is -1.03. The Morgan fingerprint density at radius 3 is 2.23 bits per heavy atom. The molecule has 3 amide bonds. The van der Waals surface area contributed by atoms with E-state index in [4.69, 9.17) is 4.74 Å². The number of fused-ring (bicyclic) bond motifs is 1. The van der Waals surface area contributed by atoms with Crippen LogP contribution in [0.15, 0.2) is 47.4 Å². The van der Waals surface area contributed by atoms with Gasteiger partial charge in [0.05, 0.1) is 40.6 Å². The van der Waals surface area contributed by atoms with Crippen LogP contribution in [0.2, 0.25) is 0 Å². The molecule has 1 fully saturated rings. The first-order valence-corrected chi connectivity index (χ1v) is 15.8. The maximum absolute atomic E-state index is 13.8. The van der Waals surface area contributed by atoms with Crippen LogP contribution in [-0.2, 0) is 19.6 Å². The van der Waals surface area contributed by atoms with Crippen molar-refractivity contribution in [1.82, 2.24) is 9.21 Å². The number of nitrogens with one attached hydrogen (secondary N) is 1. The van der Waals surface area contributed by atoms with Crippen LogP contribution in [0.1, 0.15) is 41.0 Å². The Labute approximate surface area is 233 Å². The number of sulfonamides is 1. The zero-order valence-corrected chi connectivity index (χ0v) is 24.0. The molecule has 0 radical (unpaired) electrons. The molecule has 39 heavy (non-hydrogen) atoms. The van der Waals surface area contributed by atoms with Crippen LogP contribution >= 0.6 is 11.8 Å². The molecular formula is C27H34N4O6S2. The third-order valence-corrected chi connectivity index (χ3v) is 9.65. The lowest BCUT2D eigenvalue weighted by Crippen LogP contribution is -2.47. The average molecular weight is 575 g/mol. The fourth-order valence-corrected chi connectivity index (χ4v) is 6.83. The van der Waals surface area contributed by atoms with Crippen molar-refractivity contribution in [3.63, 3.8) is 0 Å². The number of rotatable bonds is 11. The number of nitrogens with zero attached hydrogens (tertiary/aromatic N) is 3. The second-order valence-electron chi connectivity index (χ2n) is 9.18. The van der Waals surface area contributed by atoms with E-state index >= 15 is 0 Å². The van der Waals surface area contributed by atoms with Crippen LogP contribution in [0.25, 0.3) is 0 Å². The van der Waals surface area contributed by atoms with Crippen LogP contribution in [0, 0.1) is 0 Å². The molecular weight excluding hydrogens is 540 g/mol. The third-order valence-electron chi connectivity index (χ3n) is 6.96. The Hall–Kier alpha value is -2.93. The zero-order valence-electron chi connectivity index (χ0n) is 22.4. The van der Waals surface area contributed by atoms with E-state index in [0.717, 1.165) is 4.90 Å². The highest BCUT2D eigenvalue weighted by Crippen LogP contribution is 2.32. The molecule has 0 bridgehead atoms. The van der Waals surface area contributed by atoms with Gasteiger partial charge in [-0.05, 0) is 48.8 Å². The Balaban J connectivity index is 1.72. The number of anilines is 2. The molecule has 0 aromatic heterocycles. The van der Waals surface area contributed by atoms with Gasteiger partial charge in [-0.15, -0.1) is 0 Å². The molecule has 2 aliphatic heterocycles. The summed E-state index contributed by atoms with van der Waals surface area (Å²) in [5.41, 5.74) is 1.49. The molecule has 2 aromatic carbocycles. The number of thioether (sulfide) groups is 1. The largest absolute Gasteiger partial charge is 0.378 e. The van der Waals surface area contributed by atoms with Gasteiger partial charge in [0.1, 0.15) is 6.04 Å². The minimum absolute atomic E-state index is 0.0555. The van der Waals surface area contributed by atoms with Gasteiger partial charge in [0.25, 0.3) is 11.8 Å². The summed E-state index contributed by atoms with van der Waals surface area (Å²) in [7, 11) is -3.79. The maximum atomic E-state index is 13.8. The first kappa shape index (κ1) is 29.1. The topological polar surface area (TPSA) is 116 Å². The van der Waals surface area contributed by atoms with Crippen LogP contribution in [-0.4, -0.2) is 92.8 Å². The van der Waals surface area contributed by atoms with Crippen molar-refractivity contribution in [2.24, 2.45) is 0 Å².